The van der Waals surface area contributed by atoms with Crippen molar-refractivity contribution in [2.24, 2.45) is 0 Å². The van der Waals surface area contributed by atoms with E-state index in [1.165, 1.54) is 23.4 Å². The maximum absolute atomic E-state index is 13.7. The Balaban J connectivity index is 1.61. The van der Waals surface area contributed by atoms with Gasteiger partial charge in [0, 0.05) is 12.2 Å². The smallest absolute Gasteiger partial charge is 0.178 e. The molecule has 3 aromatic carbocycles. The number of rotatable bonds is 5. The van der Waals surface area contributed by atoms with Crippen LogP contribution in [0.25, 0.3) is 0 Å². The number of fused-ring (bicyclic) bond motifs is 1. The molecule has 1 aliphatic heterocycles. The zero-order valence-electron chi connectivity index (χ0n) is 16.5. The average molecular weight is 399 g/mol. The number of aryl methyl sites for hydroxylation is 1. The molecular weight excluding hydrogens is 377 g/mol. The minimum Gasteiger partial charge on any atom is -0.357 e. The standard InChI is InChI=1S/C24H22FN5/c25-21-14-12-20(13-15-21)23(29-16-6-10-19-9-4-5-11-22(19)29)24-26-27-28-30(24)17-18-7-2-1-3-8-18/h1-5,7-9,11-15,23H,6,10,16-17H2/t23-/m0/s1. The number of benzene rings is 3. The van der Waals surface area contributed by atoms with E-state index in [-0.39, 0.29) is 11.9 Å². The lowest BCUT2D eigenvalue weighted by Crippen LogP contribution is -2.36. The molecule has 1 atom stereocenters. The van der Waals surface area contributed by atoms with E-state index in [0.717, 1.165) is 36.3 Å². The van der Waals surface area contributed by atoms with Gasteiger partial charge >= 0.3 is 0 Å². The highest BCUT2D eigenvalue weighted by Crippen LogP contribution is 2.37. The summed E-state index contributed by atoms with van der Waals surface area (Å²) in [6.07, 6.45) is 2.10. The highest BCUT2D eigenvalue weighted by molar-refractivity contribution is 5.58. The number of hydrogen-bond acceptors (Lipinski definition) is 4. The van der Waals surface area contributed by atoms with E-state index in [4.69, 9.17) is 0 Å². The molecule has 0 saturated heterocycles. The van der Waals surface area contributed by atoms with E-state index in [9.17, 15) is 4.39 Å². The Morgan fingerprint density at radius 1 is 0.900 bits per heavy atom. The van der Waals surface area contributed by atoms with Gasteiger partial charge in [0.05, 0.1) is 6.54 Å². The van der Waals surface area contributed by atoms with Gasteiger partial charge in [-0.15, -0.1) is 5.10 Å². The Labute approximate surface area is 174 Å². The molecule has 0 N–H and O–H groups in total. The number of hydrogen-bond donors (Lipinski definition) is 0. The van der Waals surface area contributed by atoms with Crippen molar-refractivity contribution in [1.82, 2.24) is 20.2 Å². The summed E-state index contributed by atoms with van der Waals surface area (Å²) in [7, 11) is 0. The average Bonchev–Trinajstić information content (AvgIpc) is 3.24. The number of aromatic nitrogens is 4. The first-order valence-corrected chi connectivity index (χ1v) is 10.2. The minimum absolute atomic E-state index is 0.203. The van der Waals surface area contributed by atoms with Crippen molar-refractivity contribution in [3.05, 3.63) is 107 Å². The first kappa shape index (κ1) is 18.5. The molecule has 0 unspecified atom stereocenters. The predicted octanol–water partition coefficient (Wildman–Crippen LogP) is 4.40. The van der Waals surface area contributed by atoms with Gasteiger partial charge in [-0.1, -0.05) is 60.7 Å². The van der Waals surface area contributed by atoms with Crippen molar-refractivity contribution in [1.29, 1.82) is 0 Å². The fourth-order valence-corrected chi connectivity index (χ4v) is 4.22. The summed E-state index contributed by atoms with van der Waals surface area (Å²) in [5.74, 6) is 0.502. The van der Waals surface area contributed by atoms with Crippen LogP contribution in [-0.4, -0.2) is 26.8 Å². The monoisotopic (exact) mass is 399 g/mol. The third kappa shape index (κ3) is 3.56. The van der Waals surface area contributed by atoms with Gasteiger partial charge in [0.1, 0.15) is 11.9 Å². The lowest BCUT2D eigenvalue weighted by molar-refractivity contribution is 0.556. The van der Waals surface area contributed by atoms with Gasteiger partial charge < -0.3 is 4.90 Å². The third-order valence-electron chi connectivity index (χ3n) is 5.62. The number of tetrazole rings is 1. The van der Waals surface area contributed by atoms with Gasteiger partial charge in [-0.2, -0.15) is 0 Å². The number of halogens is 1. The van der Waals surface area contributed by atoms with Crippen LogP contribution in [0.15, 0.2) is 78.9 Å². The van der Waals surface area contributed by atoms with Gasteiger partial charge in [0.15, 0.2) is 5.82 Å². The lowest BCUT2D eigenvalue weighted by atomic mass is 9.96. The Morgan fingerprint density at radius 2 is 1.67 bits per heavy atom. The van der Waals surface area contributed by atoms with Gasteiger partial charge in [-0.25, -0.2) is 9.07 Å². The van der Waals surface area contributed by atoms with E-state index in [0.29, 0.717) is 6.54 Å². The molecule has 1 aliphatic rings. The zero-order valence-corrected chi connectivity index (χ0v) is 16.5. The third-order valence-corrected chi connectivity index (χ3v) is 5.62. The van der Waals surface area contributed by atoms with E-state index >= 15 is 0 Å². The van der Waals surface area contributed by atoms with Gasteiger partial charge in [-0.3, -0.25) is 0 Å². The second-order valence-electron chi connectivity index (χ2n) is 7.56. The molecular formula is C24H22FN5. The van der Waals surface area contributed by atoms with Crippen LogP contribution in [0.2, 0.25) is 0 Å². The maximum Gasteiger partial charge on any atom is 0.178 e. The summed E-state index contributed by atoms with van der Waals surface area (Å²) in [5, 5.41) is 12.7. The quantitative estimate of drug-likeness (QED) is 0.499. The van der Waals surface area contributed by atoms with E-state index in [1.807, 2.05) is 35.0 Å². The molecule has 5 rings (SSSR count). The molecule has 0 aliphatic carbocycles. The molecule has 0 saturated carbocycles. The summed E-state index contributed by atoms with van der Waals surface area (Å²) in [6, 6.07) is 25.1. The molecule has 0 bridgehead atoms. The van der Waals surface area contributed by atoms with Crippen molar-refractivity contribution in [2.75, 3.05) is 11.4 Å². The van der Waals surface area contributed by atoms with Crippen LogP contribution in [-0.2, 0) is 13.0 Å². The highest BCUT2D eigenvalue weighted by Gasteiger charge is 2.31. The zero-order chi connectivity index (χ0) is 20.3. The van der Waals surface area contributed by atoms with E-state index < -0.39 is 0 Å². The molecule has 0 amide bonds. The van der Waals surface area contributed by atoms with E-state index in [2.05, 4.69) is 56.8 Å². The van der Waals surface area contributed by atoms with Crippen LogP contribution in [0.3, 0.4) is 0 Å². The fraction of sp³-hybridized carbons (Fsp3) is 0.208. The molecule has 150 valence electrons. The summed E-state index contributed by atoms with van der Waals surface area (Å²) in [6.45, 7) is 1.47. The molecule has 30 heavy (non-hydrogen) atoms. The van der Waals surface area contributed by atoms with Crippen LogP contribution in [0.4, 0.5) is 10.1 Å². The Bertz CT molecular complexity index is 1120. The Kier molecular flexibility index (Phi) is 4.97. The van der Waals surface area contributed by atoms with Crippen molar-refractivity contribution < 1.29 is 4.39 Å². The normalized spacial score (nSPS) is 14.4. The second kappa shape index (κ2) is 8.06. The maximum atomic E-state index is 13.7. The predicted molar refractivity (Wildman–Crippen MR) is 114 cm³/mol. The van der Waals surface area contributed by atoms with Crippen LogP contribution in [0.5, 0.6) is 0 Å². The summed E-state index contributed by atoms with van der Waals surface area (Å²) in [4.78, 5) is 2.35. The summed E-state index contributed by atoms with van der Waals surface area (Å²) < 4.78 is 15.5. The largest absolute Gasteiger partial charge is 0.357 e. The van der Waals surface area contributed by atoms with Gasteiger partial charge in [0.2, 0.25) is 0 Å². The Hall–Kier alpha value is -3.54. The van der Waals surface area contributed by atoms with Crippen LogP contribution >= 0.6 is 0 Å². The van der Waals surface area contributed by atoms with Crippen molar-refractivity contribution in [2.45, 2.75) is 25.4 Å². The fourth-order valence-electron chi connectivity index (χ4n) is 4.22. The van der Waals surface area contributed by atoms with Crippen molar-refractivity contribution >= 4 is 5.69 Å². The van der Waals surface area contributed by atoms with Gasteiger partial charge in [-0.05, 0) is 58.2 Å². The van der Waals surface area contributed by atoms with Gasteiger partial charge in [0.25, 0.3) is 0 Å². The van der Waals surface area contributed by atoms with Crippen molar-refractivity contribution in [3.63, 3.8) is 0 Å². The molecule has 0 spiro atoms. The molecule has 6 heteroatoms. The summed E-state index contributed by atoms with van der Waals surface area (Å²) >= 11 is 0. The highest BCUT2D eigenvalue weighted by atomic mass is 19.1. The first-order valence-electron chi connectivity index (χ1n) is 10.2. The first-order chi connectivity index (χ1) is 14.8. The molecule has 4 aromatic rings. The van der Waals surface area contributed by atoms with Crippen molar-refractivity contribution in [3.8, 4) is 0 Å². The topological polar surface area (TPSA) is 46.8 Å². The summed E-state index contributed by atoms with van der Waals surface area (Å²) in [5.41, 5.74) is 4.60. The number of nitrogens with zero attached hydrogens (tertiary/aromatic N) is 5. The van der Waals surface area contributed by atoms with Crippen LogP contribution in [0, 0.1) is 5.82 Å². The number of anilines is 1. The molecule has 0 fully saturated rings. The second-order valence-corrected chi connectivity index (χ2v) is 7.56. The van der Waals surface area contributed by atoms with Crippen LogP contribution in [0.1, 0.15) is 35.0 Å². The Morgan fingerprint density at radius 3 is 2.50 bits per heavy atom. The molecule has 5 nitrogen and oxygen atoms in total. The molecule has 2 heterocycles. The van der Waals surface area contributed by atoms with Crippen LogP contribution < -0.4 is 4.90 Å². The lowest BCUT2D eigenvalue weighted by Gasteiger charge is -2.37. The SMILES string of the molecule is Fc1ccc([C@@H](c2nnnn2Cc2ccccc2)N2CCCc3ccccc32)cc1. The number of para-hydroxylation sites is 1. The molecule has 1 aromatic heterocycles. The molecule has 0 radical (unpaired) electrons. The minimum atomic E-state index is -0.250. The van der Waals surface area contributed by atoms with E-state index in [1.54, 1.807) is 0 Å².